The molecule has 2 N–H and O–H groups in total. The Morgan fingerprint density at radius 3 is 1.93 bits per heavy atom. The Bertz CT molecular complexity index is 418. The molecule has 0 aromatic carbocycles. The zero-order chi connectivity index (χ0) is 12.0. The van der Waals surface area contributed by atoms with Crippen LogP contribution in [0.25, 0.3) is 0 Å². The molecule has 0 aliphatic rings. The fraction of sp³-hybridized carbons (Fsp3) is 0.727. The van der Waals surface area contributed by atoms with E-state index in [1.165, 1.54) is 0 Å². The summed E-state index contributed by atoms with van der Waals surface area (Å²) in [6.45, 7) is 10.1. The highest BCUT2D eigenvalue weighted by molar-refractivity contribution is 5.45. The first-order valence-electron chi connectivity index (χ1n) is 5.25. The van der Waals surface area contributed by atoms with Crippen molar-refractivity contribution in [2.75, 3.05) is 5.73 Å². The second-order valence-corrected chi connectivity index (χ2v) is 5.28. The summed E-state index contributed by atoms with van der Waals surface area (Å²) in [6.07, 6.45) is 0. The topological polar surface area (TPSA) is 52.9 Å². The van der Waals surface area contributed by atoms with Gasteiger partial charge in [-0.1, -0.05) is 20.8 Å². The predicted octanol–water partition coefficient (Wildman–Crippen LogP) is 1.65. The summed E-state index contributed by atoms with van der Waals surface area (Å²) in [5.41, 5.74) is 6.95. The van der Waals surface area contributed by atoms with E-state index < -0.39 is 0 Å². The molecule has 1 rings (SSSR count). The quantitative estimate of drug-likeness (QED) is 0.768. The Morgan fingerprint density at radius 2 is 1.73 bits per heavy atom. The SMILES string of the molecule is CC(C)n1c(=O)c(N)c(C(C)(C)C)n1C. The van der Waals surface area contributed by atoms with E-state index in [2.05, 4.69) is 20.8 Å². The summed E-state index contributed by atoms with van der Waals surface area (Å²) in [4.78, 5) is 11.9. The van der Waals surface area contributed by atoms with E-state index >= 15 is 0 Å². The summed E-state index contributed by atoms with van der Waals surface area (Å²) in [6, 6.07) is 0.126. The number of aromatic nitrogens is 2. The van der Waals surface area contributed by atoms with E-state index in [1.54, 1.807) is 4.68 Å². The zero-order valence-electron chi connectivity index (χ0n) is 10.5. The standard InChI is InChI=1S/C11H21N3O/c1-7(2)14-10(15)8(12)9(13(14)6)11(3,4)5/h7H,12H2,1-6H3. The van der Waals surface area contributed by atoms with Crippen LogP contribution in [-0.2, 0) is 12.5 Å². The second-order valence-electron chi connectivity index (χ2n) is 5.28. The van der Waals surface area contributed by atoms with E-state index in [4.69, 9.17) is 5.73 Å². The number of nitrogen functional groups attached to an aromatic ring is 1. The third kappa shape index (κ3) is 1.80. The minimum Gasteiger partial charge on any atom is -0.393 e. The van der Waals surface area contributed by atoms with Crippen molar-refractivity contribution in [3.05, 3.63) is 16.0 Å². The van der Waals surface area contributed by atoms with Crippen molar-refractivity contribution in [1.82, 2.24) is 9.36 Å². The van der Waals surface area contributed by atoms with Gasteiger partial charge in [0, 0.05) is 18.5 Å². The van der Waals surface area contributed by atoms with Crippen molar-refractivity contribution in [3.63, 3.8) is 0 Å². The minimum absolute atomic E-state index is 0.0857. The fourth-order valence-electron chi connectivity index (χ4n) is 2.11. The molecular weight excluding hydrogens is 190 g/mol. The first-order valence-corrected chi connectivity index (χ1v) is 5.25. The summed E-state index contributed by atoms with van der Waals surface area (Å²) in [5.74, 6) is 0. The van der Waals surface area contributed by atoms with Gasteiger partial charge in [-0.05, 0) is 13.8 Å². The molecule has 0 spiro atoms. The molecule has 0 fully saturated rings. The molecule has 4 nitrogen and oxygen atoms in total. The smallest absolute Gasteiger partial charge is 0.290 e. The average molecular weight is 211 g/mol. The van der Waals surface area contributed by atoms with Gasteiger partial charge in [0.15, 0.2) is 0 Å². The van der Waals surface area contributed by atoms with Gasteiger partial charge in [-0.3, -0.25) is 9.48 Å². The lowest BCUT2D eigenvalue weighted by atomic mass is 9.91. The maximum Gasteiger partial charge on any atom is 0.290 e. The van der Waals surface area contributed by atoms with Crippen LogP contribution in [0.5, 0.6) is 0 Å². The molecule has 1 aromatic rings. The summed E-state index contributed by atoms with van der Waals surface area (Å²) >= 11 is 0. The molecule has 86 valence electrons. The van der Waals surface area contributed by atoms with Crippen molar-refractivity contribution in [3.8, 4) is 0 Å². The van der Waals surface area contributed by atoms with Gasteiger partial charge in [-0.15, -0.1) is 0 Å². The van der Waals surface area contributed by atoms with Gasteiger partial charge < -0.3 is 5.73 Å². The lowest BCUT2D eigenvalue weighted by Gasteiger charge is -2.22. The fourth-order valence-corrected chi connectivity index (χ4v) is 2.11. The highest BCUT2D eigenvalue weighted by Gasteiger charge is 2.26. The van der Waals surface area contributed by atoms with Crippen molar-refractivity contribution in [2.24, 2.45) is 7.05 Å². The lowest BCUT2D eigenvalue weighted by Crippen LogP contribution is -2.25. The molecule has 0 bridgehead atoms. The molecule has 0 aliphatic carbocycles. The number of hydrogen-bond acceptors (Lipinski definition) is 2. The maximum atomic E-state index is 11.9. The van der Waals surface area contributed by atoms with Crippen molar-refractivity contribution < 1.29 is 0 Å². The highest BCUT2D eigenvalue weighted by Crippen LogP contribution is 2.26. The molecule has 1 aromatic heterocycles. The second kappa shape index (κ2) is 3.43. The summed E-state index contributed by atoms with van der Waals surface area (Å²) < 4.78 is 3.57. The predicted molar refractivity (Wildman–Crippen MR) is 63.2 cm³/mol. The minimum atomic E-state index is -0.113. The van der Waals surface area contributed by atoms with Gasteiger partial charge in [0.05, 0.1) is 5.69 Å². The number of hydrogen-bond donors (Lipinski definition) is 1. The van der Waals surface area contributed by atoms with Crippen LogP contribution in [0.15, 0.2) is 4.79 Å². The van der Waals surface area contributed by atoms with Crippen molar-refractivity contribution >= 4 is 5.69 Å². The molecule has 0 atom stereocenters. The third-order valence-corrected chi connectivity index (χ3v) is 2.54. The zero-order valence-corrected chi connectivity index (χ0v) is 10.5. The van der Waals surface area contributed by atoms with Gasteiger partial charge in [-0.25, -0.2) is 4.68 Å². The van der Waals surface area contributed by atoms with Crippen LogP contribution in [0.4, 0.5) is 5.69 Å². The van der Waals surface area contributed by atoms with Crippen LogP contribution in [0.3, 0.4) is 0 Å². The Balaban J connectivity index is 3.58. The van der Waals surface area contributed by atoms with Crippen LogP contribution >= 0.6 is 0 Å². The van der Waals surface area contributed by atoms with E-state index in [0.29, 0.717) is 5.69 Å². The molecule has 0 unspecified atom stereocenters. The molecule has 1 heterocycles. The number of anilines is 1. The third-order valence-electron chi connectivity index (χ3n) is 2.54. The van der Waals surface area contributed by atoms with Gasteiger partial charge in [0.25, 0.3) is 5.56 Å². The van der Waals surface area contributed by atoms with Crippen molar-refractivity contribution in [2.45, 2.75) is 46.1 Å². The average Bonchev–Trinajstić information content (AvgIpc) is 2.21. The molecule has 0 radical (unpaired) electrons. The molecule has 15 heavy (non-hydrogen) atoms. The normalized spacial score (nSPS) is 12.5. The van der Waals surface area contributed by atoms with Gasteiger partial charge in [0.1, 0.15) is 5.69 Å². The number of nitrogens with zero attached hydrogens (tertiary/aromatic N) is 2. The molecule has 0 saturated heterocycles. The Kier molecular flexibility index (Phi) is 2.72. The van der Waals surface area contributed by atoms with Crippen LogP contribution in [0, 0.1) is 0 Å². The molecule has 0 aliphatic heterocycles. The van der Waals surface area contributed by atoms with Crippen LogP contribution in [-0.4, -0.2) is 9.36 Å². The van der Waals surface area contributed by atoms with E-state index in [0.717, 1.165) is 5.69 Å². The summed E-state index contributed by atoms with van der Waals surface area (Å²) in [5, 5.41) is 0. The molecule has 4 heteroatoms. The van der Waals surface area contributed by atoms with Crippen molar-refractivity contribution in [1.29, 1.82) is 0 Å². The van der Waals surface area contributed by atoms with E-state index in [9.17, 15) is 4.79 Å². The van der Waals surface area contributed by atoms with Gasteiger partial charge in [0.2, 0.25) is 0 Å². The van der Waals surface area contributed by atoms with Crippen LogP contribution in [0.1, 0.15) is 46.4 Å². The lowest BCUT2D eigenvalue weighted by molar-refractivity contribution is 0.404. The van der Waals surface area contributed by atoms with Crippen LogP contribution < -0.4 is 11.3 Å². The molecule has 0 amide bonds. The van der Waals surface area contributed by atoms with E-state index in [1.807, 2.05) is 25.6 Å². The molecule has 0 saturated carbocycles. The van der Waals surface area contributed by atoms with Gasteiger partial charge in [-0.2, -0.15) is 0 Å². The monoisotopic (exact) mass is 211 g/mol. The number of rotatable bonds is 1. The largest absolute Gasteiger partial charge is 0.393 e. The Morgan fingerprint density at radius 1 is 1.27 bits per heavy atom. The Hall–Kier alpha value is -1.19. The first kappa shape index (κ1) is 11.9. The Labute approximate surface area is 90.7 Å². The van der Waals surface area contributed by atoms with E-state index in [-0.39, 0.29) is 17.0 Å². The van der Waals surface area contributed by atoms with Crippen LogP contribution in [0.2, 0.25) is 0 Å². The van der Waals surface area contributed by atoms with Gasteiger partial charge >= 0.3 is 0 Å². The maximum absolute atomic E-state index is 11.9. The molecular formula is C11H21N3O. The highest BCUT2D eigenvalue weighted by atomic mass is 16.1. The number of nitrogens with two attached hydrogens (primary N) is 1. The summed E-state index contributed by atoms with van der Waals surface area (Å²) in [7, 11) is 1.89. The first-order chi connectivity index (χ1) is 6.68.